The van der Waals surface area contributed by atoms with Crippen LogP contribution in [0.25, 0.3) is 0 Å². The number of carboxylic acid groups (broad SMARTS) is 1. The Hall–Kier alpha value is -2.41. The van der Waals surface area contributed by atoms with Crippen molar-refractivity contribution in [2.24, 2.45) is 5.73 Å². The van der Waals surface area contributed by atoms with E-state index in [2.05, 4.69) is 5.32 Å². The normalized spacial score (nSPS) is 13.2. The minimum Gasteiger partial charge on any atom is -0.480 e. The third-order valence-corrected chi connectivity index (χ3v) is 2.87. The summed E-state index contributed by atoms with van der Waals surface area (Å²) in [5.74, 6) is -2.44. The van der Waals surface area contributed by atoms with Gasteiger partial charge in [-0.1, -0.05) is 30.3 Å². The molecule has 1 unspecified atom stereocenters. The van der Waals surface area contributed by atoms with Gasteiger partial charge < -0.3 is 20.9 Å². The molecular formula is C14H18N2O5. The van der Waals surface area contributed by atoms with E-state index in [1.54, 1.807) is 30.3 Å². The summed E-state index contributed by atoms with van der Waals surface area (Å²) >= 11 is 0. The topological polar surface area (TPSA) is 119 Å². The summed E-state index contributed by atoms with van der Waals surface area (Å²) in [6.45, 7) is 0. The first-order valence-electron chi connectivity index (χ1n) is 6.35. The molecule has 0 bridgehead atoms. The Labute approximate surface area is 122 Å². The Bertz CT molecular complexity index is 503. The lowest BCUT2D eigenvalue weighted by Crippen LogP contribution is -2.43. The Morgan fingerprint density at radius 1 is 1.29 bits per heavy atom. The molecule has 0 saturated heterocycles. The molecule has 0 fully saturated rings. The maximum Gasteiger partial charge on any atom is 0.326 e. The molecule has 1 aromatic carbocycles. The van der Waals surface area contributed by atoms with E-state index in [0.29, 0.717) is 5.56 Å². The van der Waals surface area contributed by atoms with E-state index >= 15 is 0 Å². The largest absolute Gasteiger partial charge is 0.480 e. The first-order valence-corrected chi connectivity index (χ1v) is 6.35. The zero-order chi connectivity index (χ0) is 15.8. The minimum absolute atomic E-state index is 0.0678. The minimum atomic E-state index is -1.23. The Morgan fingerprint density at radius 2 is 1.90 bits per heavy atom. The highest BCUT2D eigenvalue weighted by molar-refractivity contribution is 5.87. The summed E-state index contributed by atoms with van der Waals surface area (Å²) in [6.07, 6.45) is -1.11. The Balaban J connectivity index is 2.75. The average molecular weight is 294 g/mol. The van der Waals surface area contributed by atoms with Gasteiger partial charge in [0.25, 0.3) is 5.91 Å². The predicted molar refractivity (Wildman–Crippen MR) is 74.2 cm³/mol. The van der Waals surface area contributed by atoms with Gasteiger partial charge in [0, 0.05) is 13.5 Å². The van der Waals surface area contributed by atoms with Crippen molar-refractivity contribution in [3.63, 3.8) is 0 Å². The number of hydrogen-bond donors (Lipinski definition) is 3. The zero-order valence-corrected chi connectivity index (χ0v) is 11.6. The Morgan fingerprint density at radius 3 is 2.38 bits per heavy atom. The van der Waals surface area contributed by atoms with Crippen LogP contribution in [0.5, 0.6) is 0 Å². The number of benzene rings is 1. The molecule has 0 spiro atoms. The van der Waals surface area contributed by atoms with E-state index in [1.165, 1.54) is 7.11 Å². The van der Waals surface area contributed by atoms with Crippen molar-refractivity contribution in [3.05, 3.63) is 35.9 Å². The number of nitrogens with one attached hydrogen (secondary N) is 1. The molecule has 0 saturated carbocycles. The van der Waals surface area contributed by atoms with Gasteiger partial charge in [-0.25, -0.2) is 4.79 Å². The third kappa shape index (κ3) is 5.23. The van der Waals surface area contributed by atoms with Crippen molar-refractivity contribution in [2.75, 3.05) is 7.11 Å². The van der Waals surface area contributed by atoms with Gasteiger partial charge in [-0.3, -0.25) is 9.59 Å². The van der Waals surface area contributed by atoms with Crippen LogP contribution in [-0.2, 0) is 19.1 Å². The van der Waals surface area contributed by atoms with Gasteiger partial charge in [0.2, 0.25) is 5.91 Å². The van der Waals surface area contributed by atoms with Crippen LogP contribution in [0.3, 0.4) is 0 Å². The summed E-state index contributed by atoms with van der Waals surface area (Å²) in [5, 5.41) is 11.4. The number of amides is 2. The van der Waals surface area contributed by atoms with Gasteiger partial charge >= 0.3 is 5.97 Å². The molecule has 2 amide bonds. The second-order valence-corrected chi connectivity index (χ2v) is 4.43. The molecule has 0 aromatic heterocycles. The smallest absolute Gasteiger partial charge is 0.326 e. The molecule has 7 heteroatoms. The highest BCUT2D eigenvalue weighted by Crippen LogP contribution is 2.16. The SMILES string of the molecule is COC(C(=O)N[C@H](CCC(N)=O)C(=O)O)c1ccccc1. The third-order valence-electron chi connectivity index (χ3n) is 2.87. The number of carboxylic acids is 1. The zero-order valence-electron chi connectivity index (χ0n) is 11.6. The molecule has 1 aromatic rings. The van der Waals surface area contributed by atoms with Crippen LogP contribution >= 0.6 is 0 Å². The molecule has 0 heterocycles. The fraction of sp³-hybridized carbons (Fsp3) is 0.357. The number of hydrogen-bond acceptors (Lipinski definition) is 4. The predicted octanol–water partition coefficient (Wildman–Crippen LogP) is 0.209. The number of aliphatic carboxylic acids is 1. The first kappa shape index (κ1) is 16.6. The maximum absolute atomic E-state index is 12.1. The van der Waals surface area contributed by atoms with Crippen molar-refractivity contribution in [1.29, 1.82) is 0 Å². The van der Waals surface area contributed by atoms with Gasteiger partial charge in [-0.2, -0.15) is 0 Å². The Kier molecular flexibility index (Phi) is 6.35. The number of carbonyl (C=O) groups excluding carboxylic acids is 2. The van der Waals surface area contributed by atoms with Crippen molar-refractivity contribution >= 4 is 17.8 Å². The molecule has 0 aliphatic heterocycles. The second-order valence-electron chi connectivity index (χ2n) is 4.43. The van der Waals surface area contributed by atoms with Crippen LogP contribution in [0.2, 0.25) is 0 Å². The highest BCUT2D eigenvalue weighted by Gasteiger charge is 2.26. The fourth-order valence-electron chi connectivity index (χ4n) is 1.81. The number of carbonyl (C=O) groups is 3. The van der Waals surface area contributed by atoms with Crippen molar-refractivity contribution in [1.82, 2.24) is 5.32 Å². The number of rotatable bonds is 8. The van der Waals surface area contributed by atoms with Crippen LogP contribution in [0.15, 0.2) is 30.3 Å². The second kappa shape index (κ2) is 8.01. The van der Waals surface area contributed by atoms with Crippen LogP contribution in [0.1, 0.15) is 24.5 Å². The quantitative estimate of drug-likeness (QED) is 0.633. The standard InChI is InChI=1S/C14H18N2O5/c1-21-12(9-5-3-2-4-6-9)13(18)16-10(14(19)20)7-8-11(15)17/h2-6,10,12H,7-8H2,1H3,(H2,15,17)(H,16,18)(H,19,20)/t10-,12?/m1/s1. The lowest BCUT2D eigenvalue weighted by atomic mass is 10.1. The molecule has 21 heavy (non-hydrogen) atoms. The molecule has 0 aliphatic rings. The monoisotopic (exact) mass is 294 g/mol. The molecule has 0 aliphatic carbocycles. The molecule has 0 radical (unpaired) electrons. The summed E-state index contributed by atoms with van der Waals surface area (Å²) in [4.78, 5) is 33.9. The summed E-state index contributed by atoms with van der Waals surface area (Å²) in [5.41, 5.74) is 5.59. The van der Waals surface area contributed by atoms with E-state index in [0.717, 1.165) is 0 Å². The molecule has 7 nitrogen and oxygen atoms in total. The van der Waals surface area contributed by atoms with Crippen molar-refractivity contribution in [2.45, 2.75) is 25.0 Å². The van der Waals surface area contributed by atoms with Gasteiger partial charge in [-0.05, 0) is 12.0 Å². The van der Waals surface area contributed by atoms with Gasteiger partial charge in [0.1, 0.15) is 6.04 Å². The maximum atomic E-state index is 12.1. The van der Waals surface area contributed by atoms with E-state index in [9.17, 15) is 14.4 Å². The van der Waals surface area contributed by atoms with Crippen molar-refractivity contribution < 1.29 is 24.2 Å². The molecule has 2 atom stereocenters. The number of methoxy groups -OCH3 is 1. The van der Waals surface area contributed by atoms with E-state index < -0.39 is 29.9 Å². The van der Waals surface area contributed by atoms with Crippen molar-refractivity contribution in [3.8, 4) is 0 Å². The van der Waals surface area contributed by atoms with Crippen LogP contribution in [-0.4, -0.2) is 36.0 Å². The molecular weight excluding hydrogens is 276 g/mol. The van der Waals surface area contributed by atoms with Gasteiger partial charge in [0.05, 0.1) is 0 Å². The van der Waals surface area contributed by atoms with E-state index in [1.807, 2.05) is 0 Å². The fourth-order valence-corrected chi connectivity index (χ4v) is 1.81. The summed E-state index contributed by atoms with van der Waals surface area (Å²) < 4.78 is 5.11. The first-order chi connectivity index (χ1) is 9.95. The van der Waals surface area contributed by atoms with E-state index in [4.69, 9.17) is 15.6 Å². The number of nitrogens with two attached hydrogens (primary N) is 1. The number of primary amides is 1. The van der Waals surface area contributed by atoms with Gasteiger partial charge in [-0.15, -0.1) is 0 Å². The molecule has 4 N–H and O–H groups in total. The van der Waals surface area contributed by atoms with Gasteiger partial charge in [0.15, 0.2) is 6.10 Å². The van der Waals surface area contributed by atoms with Crippen LogP contribution < -0.4 is 11.1 Å². The van der Waals surface area contributed by atoms with Crippen LogP contribution in [0, 0.1) is 0 Å². The van der Waals surface area contributed by atoms with Crippen LogP contribution in [0.4, 0.5) is 0 Å². The number of ether oxygens (including phenoxy) is 1. The summed E-state index contributed by atoms with van der Waals surface area (Å²) in [7, 11) is 1.36. The molecule has 114 valence electrons. The average Bonchev–Trinajstić information content (AvgIpc) is 2.44. The van der Waals surface area contributed by atoms with E-state index in [-0.39, 0.29) is 12.8 Å². The molecule has 1 rings (SSSR count). The highest BCUT2D eigenvalue weighted by atomic mass is 16.5. The lowest BCUT2D eigenvalue weighted by Gasteiger charge is -2.19. The summed E-state index contributed by atoms with van der Waals surface area (Å²) in [6, 6.07) is 7.50. The lowest BCUT2D eigenvalue weighted by molar-refractivity contribution is -0.144.